The van der Waals surface area contributed by atoms with Gasteiger partial charge in [-0.05, 0) is 42.7 Å². The summed E-state index contributed by atoms with van der Waals surface area (Å²) < 4.78 is 15.5. The van der Waals surface area contributed by atoms with Gasteiger partial charge in [0, 0.05) is 31.4 Å². The maximum atomic E-state index is 13.4. The number of nitrogens with zero attached hydrogens (tertiary/aromatic N) is 2. The number of aromatic nitrogens is 1. The third-order valence-corrected chi connectivity index (χ3v) is 4.61. The molecule has 1 amide bonds. The van der Waals surface area contributed by atoms with Crippen LogP contribution < -0.4 is 0 Å². The van der Waals surface area contributed by atoms with Crippen LogP contribution in [-0.4, -0.2) is 21.9 Å². The second-order valence-corrected chi connectivity index (χ2v) is 6.88. The van der Waals surface area contributed by atoms with Crippen LogP contribution in [0.4, 0.5) is 4.39 Å². The zero-order valence-electron chi connectivity index (χ0n) is 16.1. The van der Waals surface area contributed by atoms with Crippen LogP contribution in [0.3, 0.4) is 0 Å². The summed E-state index contributed by atoms with van der Waals surface area (Å²) in [7, 11) is 0. The molecule has 26 heavy (non-hydrogen) atoms. The largest absolute Gasteiger partial charge is 0.345 e. The van der Waals surface area contributed by atoms with Gasteiger partial charge in [0.05, 0.1) is 6.54 Å². The molecule has 3 nitrogen and oxygen atoms in total. The number of hydrogen-bond donors (Lipinski definition) is 0. The van der Waals surface area contributed by atoms with Crippen LogP contribution in [0.25, 0.3) is 0 Å². The monoisotopic (exact) mass is 358 g/mol. The number of carbonyl (C=O) groups is 1. The molecule has 1 aromatic carbocycles. The first kappa shape index (κ1) is 20.2. The van der Waals surface area contributed by atoms with Crippen LogP contribution in [0.2, 0.25) is 0 Å². The van der Waals surface area contributed by atoms with Crippen LogP contribution in [0.15, 0.2) is 42.6 Å². The van der Waals surface area contributed by atoms with Gasteiger partial charge in [-0.25, -0.2) is 4.39 Å². The molecule has 0 aliphatic rings. The van der Waals surface area contributed by atoms with Gasteiger partial charge in [0.15, 0.2) is 0 Å². The molecule has 0 saturated carbocycles. The van der Waals surface area contributed by atoms with E-state index in [9.17, 15) is 9.18 Å². The molecule has 0 fully saturated rings. The number of unbranched alkanes of at least 4 members (excludes halogenated alkanes) is 3. The Kier molecular flexibility index (Phi) is 8.39. The van der Waals surface area contributed by atoms with Gasteiger partial charge in [-0.3, -0.25) is 4.79 Å². The molecule has 0 aliphatic carbocycles. The Hall–Kier alpha value is -2.10. The first-order valence-corrected chi connectivity index (χ1v) is 9.80. The van der Waals surface area contributed by atoms with E-state index in [1.165, 1.54) is 18.9 Å². The summed E-state index contributed by atoms with van der Waals surface area (Å²) in [6.07, 6.45) is 8.04. The molecule has 0 spiro atoms. The lowest BCUT2D eigenvalue weighted by molar-refractivity contribution is -0.132. The Bertz CT molecular complexity index is 680. The summed E-state index contributed by atoms with van der Waals surface area (Å²) in [5.41, 5.74) is 2.01. The molecule has 4 heteroatoms. The molecule has 142 valence electrons. The number of carbonyl (C=O) groups excluding carboxylic acids is 1. The van der Waals surface area contributed by atoms with E-state index in [2.05, 4.69) is 18.4 Å². The highest BCUT2D eigenvalue weighted by Crippen LogP contribution is 2.14. The van der Waals surface area contributed by atoms with Gasteiger partial charge in [-0.15, -0.1) is 0 Å². The summed E-state index contributed by atoms with van der Waals surface area (Å²) in [4.78, 5) is 14.6. The van der Waals surface area contributed by atoms with Crippen molar-refractivity contribution in [2.75, 3.05) is 6.54 Å². The van der Waals surface area contributed by atoms with Crippen molar-refractivity contribution < 1.29 is 9.18 Å². The number of benzene rings is 1. The lowest BCUT2D eigenvalue weighted by Crippen LogP contribution is -2.32. The molecule has 1 heterocycles. The minimum Gasteiger partial charge on any atom is -0.345 e. The summed E-state index contributed by atoms with van der Waals surface area (Å²) in [6.45, 7) is 6.28. The Balaban J connectivity index is 2.00. The maximum absolute atomic E-state index is 13.4. The lowest BCUT2D eigenvalue weighted by Gasteiger charge is -2.23. The van der Waals surface area contributed by atoms with Crippen LogP contribution in [0.5, 0.6) is 0 Å². The summed E-state index contributed by atoms with van der Waals surface area (Å²) >= 11 is 0. The van der Waals surface area contributed by atoms with Gasteiger partial charge in [-0.1, -0.05) is 45.2 Å². The Morgan fingerprint density at radius 2 is 1.92 bits per heavy atom. The fraction of sp³-hybridized carbons (Fsp3) is 0.500. The van der Waals surface area contributed by atoms with Crippen LogP contribution >= 0.6 is 0 Å². The van der Waals surface area contributed by atoms with Gasteiger partial charge in [0.1, 0.15) is 5.82 Å². The normalized spacial score (nSPS) is 10.9. The predicted octanol–water partition coefficient (Wildman–Crippen LogP) is 5.38. The van der Waals surface area contributed by atoms with E-state index in [4.69, 9.17) is 0 Å². The maximum Gasteiger partial charge on any atom is 0.222 e. The van der Waals surface area contributed by atoms with Gasteiger partial charge in [-0.2, -0.15) is 0 Å². The molecule has 0 aliphatic heterocycles. The zero-order valence-corrected chi connectivity index (χ0v) is 16.1. The molecule has 0 radical (unpaired) electrons. The summed E-state index contributed by atoms with van der Waals surface area (Å²) in [5, 5.41) is 0. The molecule has 0 N–H and O–H groups in total. The molecule has 2 aromatic rings. The third kappa shape index (κ3) is 6.32. The van der Waals surface area contributed by atoms with Gasteiger partial charge < -0.3 is 9.47 Å². The summed E-state index contributed by atoms with van der Waals surface area (Å²) in [6, 6.07) is 10.7. The molecule has 0 saturated heterocycles. The van der Waals surface area contributed by atoms with Gasteiger partial charge in [0.2, 0.25) is 5.91 Å². The van der Waals surface area contributed by atoms with E-state index in [1.807, 2.05) is 29.3 Å². The number of rotatable bonds is 11. The first-order valence-electron chi connectivity index (χ1n) is 9.80. The van der Waals surface area contributed by atoms with Crippen molar-refractivity contribution in [2.24, 2.45) is 0 Å². The van der Waals surface area contributed by atoms with E-state index in [0.29, 0.717) is 19.5 Å². The summed E-state index contributed by atoms with van der Waals surface area (Å²) in [5.74, 6) is 0.0209. The Labute approximate surface area is 156 Å². The van der Waals surface area contributed by atoms with E-state index in [0.717, 1.165) is 37.1 Å². The smallest absolute Gasteiger partial charge is 0.222 e. The third-order valence-electron chi connectivity index (χ3n) is 4.61. The lowest BCUT2D eigenvalue weighted by atomic mass is 10.1. The zero-order chi connectivity index (χ0) is 18.8. The van der Waals surface area contributed by atoms with Gasteiger partial charge >= 0.3 is 0 Å². The molecule has 0 bridgehead atoms. The average molecular weight is 359 g/mol. The molecule has 0 atom stereocenters. The van der Waals surface area contributed by atoms with E-state index in [-0.39, 0.29) is 11.7 Å². The Morgan fingerprint density at radius 1 is 1.08 bits per heavy atom. The number of hydrogen-bond acceptors (Lipinski definition) is 1. The highest BCUT2D eigenvalue weighted by Gasteiger charge is 2.15. The fourth-order valence-electron chi connectivity index (χ4n) is 3.20. The van der Waals surface area contributed by atoms with Crippen LogP contribution in [0, 0.1) is 5.82 Å². The second kappa shape index (κ2) is 10.8. The Morgan fingerprint density at radius 3 is 2.65 bits per heavy atom. The second-order valence-electron chi connectivity index (χ2n) is 6.88. The minimum atomic E-state index is -0.217. The molecule has 0 unspecified atom stereocenters. The predicted molar refractivity (Wildman–Crippen MR) is 104 cm³/mol. The standard InChI is InChI=1S/C22H31FN2O/c1-3-5-6-7-13-22(26)25(14-4-2)18-21-12-9-15-24(21)17-19-10-8-11-20(23)16-19/h8-12,15-16H,3-7,13-14,17-18H2,1-2H3. The van der Waals surface area contributed by atoms with Crippen molar-refractivity contribution in [1.29, 1.82) is 0 Å². The highest BCUT2D eigenvalue weighted by molar-refractivity contribution is 5.76. The first-order chi connectivity index (χ1) is 12.6. The fourth-order valence-corrected chi connectivity index (χ4v) is 3.20. The number of amides is 1. The van der Waals surface area contributed by atoms with Crippen molar-refractivity contribution in [3.8, 4) is 0 Å². The van der Waals surface area contributed by atoms with Crippen molar-refractivity contribution in [3.05, 3.63) is 59.7 Å². The van der Waals surface area contributed by atoms with Crippen LogP contribution in [-0.2, 0) is 17.9 Å². The molecule has 1 aromatic heterocycles. The molecular weight excluding hydrogens is 327 g/mol. The quantitative estimate of drug-likeness (QED) is 0.495. The van der Waals surface area contributed by atoms with Crippen LogP contribution in [0.1, 0.15) is 63.6 Å². The van der Waals surface area contributed by atoms with E-state index >= 15 is 0 Å². The molecular formula is C22H31FN2O. The van der Waals surface area contributed by atoms with Crippen molar-refractivity contribution >= 4 is 5.91 Å². The van der Waals surface area contributed by atoms with E-state index in [1.54, 1.807) is 12.1 Å². The SMILES string of the molecule is CCCCCCC(=O)N(CCC)Cc1cccn1Cc1cccc(F)c1. The average Bonchev–Trinajstić information content (AvgIpc) is 3.05. The van der Waals surface area contributed by atoms with Crippen molar-refractivity contribution in [1.82, 2.24) is 9.47 Å². The topological polar surface area (TPSA) is 25.2 Å². The minimum absolute atomic E-state index is 0.217. The van der Waals surface area contributed by atoms with Gasteiger partial charge in [0.25, 0.3) is 0 Å². The van der Waals surface area contributed by atoms with E-state index < -0.39 is 0 Å². The van der Waals surface area contributed by atoms with Crippen molar-refractivity contribution in [2.45, 2.75) is 65.5 Å². The van der Waals surface area contributed by atoms with Crippen molar-refractivity contribution in [3.63, 3.8) is 0 Å². The molecule has 2 rings (SSSR count). The highest BCUT2D eigenvalue weighted by atomic mass is 19.1. The number of halogens is 1.